The van der Waals surface area contributed by atoms with Gasteiger partial charge in [0.2, 0.25) is 11.8 Å². The fourth-order valence-corrected chi connectivity index (χ4v) is 2.11. The van der Waals surface area contributed by atoms with Gasteiger partial charge in [0.1, 0.15) is 6.04 Å². The molecule has 21 heavy (non-hydrogen) atoms. The van der Waals surface area contributed by atoms with Crippen LogP contribution in [0.25, 0.3) is 0 Å². The molecule has 0 amide bonds. The molecule has 1 heterocycles. The molecular formula is C17H25N3O. The summed E-state index contributed by atoms with van der Waals surface area (Å²) in [4.78, 5) is 0. The predicted molar refractivity (Wildman–Crippen MR) is 84.1 cm³/mol. The Morgan fingerprint density at radius 2 is 1.71 bits per heavy atom. The van der Waals surface area contributed by atoms with Crippen molar-refractivity contribution in [2.45, 2.75) is 46.1 Å². The van der Waals surface area contributed by atoms with Crippen LogP contribution in [0.1, 0.15) is 63.4 Å². The Morgan fingerprint density at radius 1 is 1.05 bits per heavy atom. The Balaban J connectivity index is 2.25. The van der Waals surface area contributed by atoms with Crippen molar-refractivity contribution < 1.29 is 4.42 Å². The molecule has 1 aromatic carbocycles. The van der Waals surface area contributed by atoms with Crippen LogP contribution in [-0.4, -0.2) is 16.7 Å². The van der Waals surface area contributed by atoms with Crippen molar-refractivity contribution in [2.24, 2.45) is 5.92 Å². The average molecular weight is 287 g/mol. The van der Waals surface area contributed by atoms with E-state index in [-0.39, 0.29) is 12.0 Å². The summed E-state index contributed by atoms with van der Waals surface area (Å²) in [5.41, 5.74) is 1.15. The number of hydrogen-bond donors (Lipinski definition) is 1. The van der Waals surface area contributed by atoms with Crippen molar-refractivity contribution >= 4 is 0 Å². The van der Waals surface area contributed by atoms with Crippen molar-refractivity contribution in [3.8, 4) is 0 Å². The summed E-state index contributed by atoms with van der Waals surface area (Å²) in [5.74, 6) is 2.13. The van der Waals surface area contributed by atoms with E-state index in [0.29, 0.717) is 11.8 Å². The molecule has 0 bridgehead atoms. The van der Waals surface area contributed by atoms with Crippen LogP contribution in [0.2, 0.25) is 0 Å². The molecule has 4 nitrogen and oxygen atoms in total. The minimum absolute atomic E-state index is 0.0354. The largest absolute Gasteiger partial charge is 0.423 e. The van der Waals surface area contributed by atoms with E-state index in [1.54, 1.807) is 0 Å². The zero-order valence-corrected chi connectivity index (χ0v) is 13.3. The first-order chi connectivity index (χ1) is 10.1. The SMILES string of the molecule is CCCNC(c1ccccc1)c1nnc(C(C)C(C)C)o1. The van der Waals surface area contributed by atoms with Crippen LogP contribution >= 0.6 is 0 Å². The van der Waals surface area contributed by atoms with Gasteiger partial charge < -0.3 is 9.73 Å². The maximum Gasteiger partial charge on any atom is 0.237 e. The van der Waals surface area contributed by atoms with E-state index in [1.165, 1.54) is 0 Å². The topological polar surface area (TPSA) is 51.0 Å². The van der Waals surface area contributed by atoms with Crippen molar-refractivity contribution in [2.75, 3.05) is 6.54 Å². The van der Waals surface area contributed by atoms with E-state index in [0.717, 1.165) is 24.4 Å². The minimum Gasteiger partial charge on any atom is -0.423 e. The Labute approximate surface area is 127 Å². The van der Waals surface area contributed by atoms with Crippen LogP contribution in [0.3, 0.4) is 0 Å². The van der Waals surface area contributed by atoms with Crippen LogP contribution in [0.4, 0.5) is 0 Å². The molecule has 0 radical (unpaired) electrons. The summed E-state index contributed by atoms with van der Waals surface area (Å²) in [6, 6.07) is 10.2. The number of hydrogen-bond acceptors (Lipinski definition) is 4. The van der Waals surface area contributed by atoms with Crippen LogP contribution < -0.4 is 5.32 Å². The molecule has 0 aliphatic rings. The van der Waals surface area contributed by atoms with Crippen LogP contribution in [0.5, 0.6) is 0 Å². The summed E-state index contributed by atoms with van der Waals surface area (Å²) < 4.78 is 5.94. The lowest BCUT2D eigenvalue weighted by Crippen LogP contribution is -2.23. The normalized spacial score (nSPS) is 14.3. The van der Waals surface area contributed by atoms with E-state index in [9.17, 15) is 0 Å². The lowest BCUT2D eigenvalue weighted by Gasteiger charge is -2.15. The van der Waals surface area contributed by atoms with Gasteiger partial charge in [0.05, 0.1) is 0 Å². The smallest absolute Gasteiger partial charge is 0.237 e. The number of rotatable bonds is 7. The summed E-state index contributed by atoms with van der Waals surface area (Å²) in [5, 5.41) is 12.0. The van der Waals surface area contributed by atoms with Gasteiger partial charge in [-0.15, -0.1) is 10.2 Å². The van der Waals surface area contributed by atoms with Gasteiger partial charge in [-0.25, -0.2) is 0 Å². The molecule has 2 aromatic rings. The average Bonchev–Trinajstić information content (AvgIpc) is 2.97. The van der Waals surface area contributed by atoms with Gasteiger partial charge >= 0.3 is 0 Å². The highest BCUT2D eigenvalue weighted by molar-refractivity contribution is 5.23. The molecule has 0 saturated carbocycles. The Hall–Kier alpha value is -1.68. The monoisotopic (exact) mass is 287 g/mol. The third-order valence-electron chi connectivity index (χ3n) is 3.82. The molecule has 114 valence electrons. The standard InChI is InChI=1S/C17H25N3O/c1-5-11-18-15(14-9-7-6-8-10-14)17-20-19-16(21-17)13(4)12(2)3/h6-10,12-13,15,18H,5,11H2,1-4H3. The second-order valence-corrected chi connectivity index (χ2v) is 5.81. The van der Waals surface area contributed by atoms with E-state index < -0.39 is 0 Å². The zero-order valence-electron chi connectivity index (χ0n) is 13.3. The number of benzene rings is 1. The maximum atomic E-state index is 5.94. The zero-order chi connectivity index (χ0) is 15.2. The molecule has 1 N–H and O–H groups in total. The van der Waals surface area contributed by atoms with Gasteiger partial charge in [0, 0.05) is 5.92 Å². The van der Waals surface area contributed by atoms with Crippen LogP contribution in [-0.2, 0) is 0 Å². The quantitative estimate of drug-likeness (QED) is 0.838. The van der Waals surface area contributed by atoms with Gasteiger partial charge in [-0.3, -0.25) is 0 Å². The maximum absolute atomic E-state index is 5.94. The van der Waals surface area contributed by atoms with E-state index >= 15 is 0 Å². The highest BCUT2D eigenvalue weighted by Crippen LogP contribution is 2.26. The molecule has 2 atom stereocenters. The molecule has 0 saturated heterocycles. The summed E-state index contributed by atoms with van der Waals surface area (Å²) in [7, 11) is 0. The number of nitrogens with zero attached hydrogens (tertiary/aromatic N) is 2. The molecule has 2 unspecified atom stereocenters. The second kappa shape index (κ2) is 7.36. The lowest BCUT2D eigenvalue weighted by atomic mass is 9.98. The van der Waals surface area contributed by atoms with E-state index in [2.05, 4.69) is 55.3 Å². The fourth-order valence-electron chi connectivity index (χ4n) is 2.11. The third-order valence-corrected chi connectivity index (χ3v) is 3.82. The molecule has 0 aliphatic carbocycles. The van der Waals surface area contributed by atoms with Crippen molar-refractivity contribution in [3.05, 3.63) is 47.7 Å². The summed E-state index contributed by atoms with van der Waals surface area (Å²) in [6.45, 7) is 9.52. The first-order valence-corrected chi connectivity index (χ1v) is 7.75. The molecule has 4 heteroatoms. The van der Waals surface area contributed by atoms with Gasteiger partial charge in [-0.1, -0.05) is 58.0 Å². The Morgan fingerprint density at radius 3 is 2.33 bits per heavy atom. The highest BCUT2D eigenvalue weighted by Gasteiger charge is 2.23. The minimum atomic E-state index is -0.0354. The lowest BCUT2D eigenvalue weighted by molar-refractivity contribution is 0.360. The van der Waals surface area contributed by atoms with Gasteiger partial charge in [-0.05, 0) is 24.4 Å². The highest BCUT2D eigenvalue weighted by atomic mass is 16.4. The first-order valence-electron chi connectivity index (χ1n) is 7.75. The Bertz CT molecular complexity index is 536. The first kappa shape index (κ1) is 15.7. The van der Waals surface area contributed by atoms with Gasteiger partial charge in [-0.2, -0.15) is 0 Å². The Kier molecular flexibility index (Phi) is 5.51. The van der Waals surface area contributed by atoms with Crippen molar-refractivity contribution in [1.82, 2.24) is 15.5 Å². The number of nitrogens with one attached hydrogen (secondary N) is 1. The van der Waals surface area contributed by atoms with E-state index in [1.807, 2.05) is 18.2 Å². The molecular weight excluding hydrogens is 262 g/mol. The molecule has 0 fully saturated rings. The molecule has 1 aromatic heterocycles. The van der Waals surface area contributed by atoms with Crippen LogP contribution in [0.15, 0.2) is 34.7 Å². The predicted octanol–water partition coefficient (Wildman–Crippen LogP) is 3.92. The molecule has 0 aliphatic heterocycles. The number of aromatic nitrogens is 2. The summed E-state index contributed by atoms with van der Waals surface area (Å²) in [6.07, 6.45) is 1.06. The van der Waals surface area contributed by atoms with Crippen LogP contribution in [0, 0.1) is 5.92 Å². The second-order valence-electron chi connectivity index (χ2n) is 5.81. The molecule has 0 spiro atoms. The fraction of sp³-hybridized carbons (Fsp3) is 0.529. The van der Waals surface area contributed by atoms with Gasteiger partial charge in [0.15, 0.2) is 0 Å². The van der Waals surface area contributed by atoms with Crippen molar-refractivity contribution in [1.29, 1.82) is 0 Å². The van der Waals surface area contributed by atoms with Gasteiger partial charge in [0.25, 0.3) is 0 Å². The molecule has 2 rings (SSSR count). The van der Waals surface area contributed by atoms with E-state index in [4.69, 9.17) is 4.42 Å². The van der Waals surface area contributed by atoms with Crippen molar-refractivity contribution in [3.63, 3.8) is 0 Å². The summed E-state index contributed by atoms with van der Waals surface area (Å²) >= 11 is 0. The third kappa shape index (κ3) is 3.91.